The van der Waals surface area contributed by atoms with E-state index in [1.165, 1.54) is 116 Å². The number of benzene rings is 7. The van der Waals surface area contributed by atoms with Gasteiger partial charge in [0.25, 0.3) is 0 Å². The molecule has 2 heteroatoms. The van der Waals surface area contributed by atoms with Crippen LogP contribution < -0.4 is 9.80 Å². The van der Waals surface area contributed by atoms with Crippen LogP contribution in [0.2, 0.25) is 0 Å². The molecule has 0 aliphatic carbocycles. The highest BCUT2D eigenvalue weighted by atomic mass is 15.1. The summed E-state index contributed by atoms with van der Waals surface area (Å²) in [7, 11) is 0. The molecule has 0 amide bonds. The van der Waals surface area contributed by atoms with E-state index in [2.05, 4.69) is 143 Å². The van der Waals surface area contributed by atoms with E-state index < -0.39 is 0 Å². The molecule has 0 unspecified atom stereocenters. The monoisotopic (exact) mass is 622 g/mol. The van der Waals surface area contributed by atoms with Crippen LogP contribution >= 0.6 is 0 Å². The number of anilines is 2. The highest BCUT2D eigenvalue weighted by Crippen LogP contribution is 2.48. The van der Waals surface area contributed by atoms with Crippen molar-refractivity contribution in [3.05, 3.63) is 133 Å². The van der Waals surface area contributed by atoms with Gasteiger partial charge in [0, 0.05) is 37.6 Å². The average molecular weight is 623 g/mol. The number of rotatable bonds is 5. The highest BCUT2D eigenvalue weighted by Gasteiger charge is 2.22. The first-order valence-electron chi connectivity index (χ1n) is 18.0. The van der Waals surface area contributed by atoms with Gasteiger partial charge in [-0.15, -0.1) is 0 Å². The Bertz CT molecular complexity index is 2250. The SMILES string of the molecule is c1ccc(-c2c3cc(N4CCCCC4)ccc3c(-c3ccccc3-c3cccc4ccccc34)c3cc(N4CCCCC4)ccc23)cc1. The smallest absolute Gasteiger partial charge is 0.0372 e. The van der Waals surface area contributed by atoms with Crippen LogP contribution in [0.15, 0.2) is 133 Å². The van der Waals surface area contributed by atoms with Crippen molar-refractivity contribution in [3.8, 4) is 33.4 Å². The van der Waals surface area contributed by atoms with E-state index in [4.69, 9.17) is 0 Å². The lowest BCUT2D eigenvalue weighted by atomic mass is 9.83. The summed E-state index contributed by atoms with van der Waals surface area (Å²) in [4.78, 5) is 5.21. The standard InChI is InChI=1S/C46H42N2/c1-4-16-34(17-5-1)45-41-25-23-36(48-29-12-3-13-30-48)32-44(41)46(42-26-24-35(31-43(42)45)47-27-10-2-11-28-47)40-21-9-8-20-39(40)38-22-14-18-33-15-6-7-19-37(33)38/h1,4-9,14-26,31-32H,2-3,10-13,27-30H2. The molecule has 2 aliphatic heterocycles. The highest BCUT2D eigenvalue weighted by molar-refractivity contribution is 6.23. The molecule has 2 saturated heterocycles. The van der Waals surface area contributed by atoms with Crippen molar-refractivity contribution in [2.24, 2.45) is 0 Å². The van der Waals surface area contributed by atoms with Gasteiger partial charge >= 0.3 is 0 Å². The summed E-state index contributed by atoms with van der Waals surface area (Å²) in [5.41, 5.74) is 10.5. The van der Waals surface area contributed by atoms with Crippen molar-refractivity contribution in [1.29, 1.82) is 0 Å². The topological polar surface area (TPSA) is 6.48 Å². The quantitative estimate of drug-likeness (QED) is 0.176. The molecule has 0 N–H and O–H groups in total. The van der Waals surface area contributed by atoms with Gasteiger partial charge < -0.3 is 9.80 Å². The first-order valence-corrected chi connectivity index (χ1v) is 18.0. The maximum Gasteiger partial charge on any atom is 0.0372 e. The Labute approximate surface area is 284 Å². The molecule has 0 saturated carbocycles. The Morgan fingerprint density at radius 2 is 0.854 bits per heavy atom. The Hall–Kier alpha value is -5.08. The zero-order chi connectivity index (χ0) is 31.9. The maximum atomic E-state index is 2.61. The van der Waals surface area contributed by atoms with E-state index >= 15 is 0 Å². The number of hydrogen-bond donors (Lipinski definition) is 0. The van der Waals surface area contributed by atoms with Crippen molar-refractivity contribution in [2.75, 3.05) is 36.0 Å². The summed E-state index contributed by atoms with van der Waals surface area (Å²) in [5, 5.41) is 7.90. The molecule has 2 heterocycles. The molecule has 7 aromatic carbocycles. The van der Waals surface area contributed by atoms with Crippen LogP contribution in [0.3, 0.4) is 0 Å². The van der Waals surface area contributed by atoms with Crippen molar-refractivity contribution in [2.45, 2.75) is 38.5 Å². The lowest BCUT2D eigenvalue weighted by Gasteiger charge is -2.30. The first kappa shape index (κ1) is 29.1. The van der Waals surface area contributed by atoms with Gasteiger partial charge in [-0.3, -0.25) is 0 Å². The number of nitrogens with zero attached hydrogens (tertiary/aromatic N) is 2. The minimum Gasteiger partial charge on any atom is -0.372 e. The number of piperidine rings is 2. The Balaban J connectivity index is 1.39. The lowest BCUT2D eigenvalue weighted by Crippen LogP contribution is -2.29. The fourth-order valence-electron chi connectivity index (χ4n) is 8.50. The molecular weight excluding hydrogens is 581 g/mol. The molecule has 9 rings (SSSR count). The van der Waals surface area contributed by atoms with Gasteiger partial charge in [-0.1, -0.05) is 109 Å². The van der Waals surface area contributed by atoms with Crippen LogP contribution in [0.4, 0.5) is 11.4 Å². The fraction of sp³-hybridized carbons (Fsp3) is 0.217. The summed E-state index contributed by atoms with van der Waals surface area (Å²) in [5.74, 6) is 0. The zero-order valence-corrected chi connectivity index (χ0v) is 27.7. The van der Waals surface area contributed by atoms with Crippen LogP contribution in [0.25, 0.3) is 65.7 Å². The van der Waals surface area contributed by atoms with Gasteiger partial charge in [0.15, 0.2) is 0 Å². The normalized spacial score (nSPS) is 15.4. The second-order valence-electron chi connectivity index (χ2n) is 13.7. The molecule has 236 valence electrons. The van der Waals surface area contributed by atoms with Crippen LogP contribution in [0.5, 0.6) is 0 Å². The average Bonchev–Trinajstić information content (AvgIpc) is 3.17. The van der Waals surface area contributed by atoms with E-state index in [1.54, 1.807) is 0 Å². The Morgan fingerprint density at radius 3 is 1.54 bits per heavy atom. The third-order valence-corrected chi connectivity index (χ3v) is 10.9. The summed E-state index contributed by atoms with van der Waals surface area (Å²) < 4.78 is 0. The van der Waals surface area contributed by atoms with Crippen molar-refractivity contribution >= 4 is 43.7 Å². The van der Waals surface area contributed by atoms with Crippen LogP contribution in [-0.4, -0.2) is 26.2 Å². The van der Waals surface area contributed by atoms with Gasteiger partial charge in [-0.2, -0.15) is 0 Å². The molecule has 0 spiro atoms. The third kappa shape index (κ3) is 5.11. The van der Waals surface area contributed by atoms with Gasteiger partial charge in [0.05, 0.1) is 0 Å². The Kier molecular flexibility index (Phi) is 7.58. The molecule has 0 aromatic heterocycles. The molecule has 2 fully saturated rings. The van der Waals surface area contributed by atoms with Gasteiger partial charge in [-0.25, -0.2) is 0 Å². The maximum absolute atomic E-state index is 2.61. The van der Waals surface area contributed by atoms with E-state index in [0.717, 1.165) is 26.2 Å². The molecule has 48 heavy (non-hydrogen) atoms. The molecule has 0 bridgehead atoms. The molecule has 7 aromatic rings. The lowest BCUT2D eigenvalue weighted by molar-refractivity contribution is 0.578. The molecule has 2 aliphatic rings. The van der Waals surface area contributed by atoms with E-state index in [0.29, 0.717) is 0 Å². The molecule has 2 nitrogen and oxygen atoms in total. The van der Waals surface area contributed by atoms with Crippen molar-refractivity contribution in [3.63, 3.8) is 0 Å². The summed E-state index contributed by atoms with van der Waals surface area (Å²) in [6, 6.07) is 50.5. The van der Waals surface area contributed by atoms with Crippen LogP contribution in [0, 0.1) is 0 Å². The van der Waals surface area contributed by atoms with Crippen LogP contribution in [0.1, 0.15) is 38.5 Å². The largest absolute Gasteiger partial charge is 0.372 e. The summed E-state index contributed by atoms with van der Waals surface area (Å²) in [6.45, 7) is 4.53. The third-order valence-electron chi connectivity index (χ3n) is 10.9. The van der Waals surface area contributed by atoms with Gasteiger partial charge in [-0.05, 0) is 128 Å². The van der Waals surface area contributed by atoms with E-state index in [1.807, 2.05) is 0 Å². The molecule has 0 radical (unpaired) electrons. The fourth-order valence-corrected chi connectivity index (χ4v) is 8.50. The van der Waals surface area contributed by atoms with Gasteiger partial charge in [0.2, 0.25) is 0 Å². The summed E-state index contributed by atoms with van der Waals surface area (Å²) in [6.07, 6.45) is 7.73. The molecular formula is C46H42N2. The van der Waals surface area contributed by atoms with Crippen molar-refractivity contribution < 1.29 is 0 Å². The van der Waals surface area contributed by atoms with Crippen LogP contribution in [-0.2, 0) is 0 Å². The number of fused-ring (bicyclic) bond motifs is 3. The Morgan fingerprint density at radius 1 is 0.333 bits per heavy atom. The predicted molar refractivity (Wildman–Crippen MR) is 207 cm³/mol. The zero-order valence-electron chi connectivity index (χ0n) is 27.7. The summed E-state index contributed by atoms with van der Waals surface area (Å²) >= 11 is 0. The van der Waals surface area contributed by atoms with E-state index in [-0.39, 0.29) is 0 Å². The first-order chi connectivity index (χ1) is 23.8. The molecule has 0 atom stereocenters. The second-order valence-corrected chi connectivity index (χ2v) is 13.7. The number of hydrogen-bond acceptors (Lipinski definition) is 2. The second kappa shape index (κ2) is 12.5. The van der Waals surface area contributed by atoms with Gasteiger partial charge in [0.1, 0.15) is 0 Å². The van der Waals surface area contributed by atoms with Crippen molar-refractivity contribution in [1.82, 2.24) is 0 Å². The van der Waals surface area contributed by atoms with E-state index in [9.17, 15) is 0 Å². The predicted octanol–water partition coefficient (Wildman–Crippen LogP) is 12.1. The minimum absolute atomic E-state index is 1.13. The minimum atomic E-state index is 1.13.